The fraction of sp³-hybridized carbons (Fsp3) is 0.0870. The molecule has 0 radical (unpaired) electrons. The lowest BCUT2D eigenvalue weighted by Gasteiger charge is -2.12. The maximum atomic E-state index is 13.0. The molecule has 0 fully saturated rings. The first-order chi connectivity index (χ1) is 13.6. The highest BCUT2D eigenvalue weighted by atomic mass is 16.3. The zero-order valence-corrected chi connectivity index (χ0v) is 15.6. The van der Waals surface area contributed by atoms with Crippen LogP contribution < -0.4 is 5.56 Å². The summed E-state index contributed by atoms with van der Waals surface area (Å²) < 4.78 is 1.21. The molecule has 1 N–H and O–H groups in total. The standard InChI is InChI=1S/C23H19N3O2/c1-15-10-11-17(13-16(15)2)25-14-20-18-7-3-4-8-19(18)22(27)26(23(20)28)21-9-5-6-12-24-21/h3-14,28H,1-2H3. The lowest BCUT2D eigenvalue weighted by molar-refractivity contribution is 0.435. The zero-order valence-electron chi connectivity index (χ0n) is 15.6. The van der Waals surface area contributed by atoms with E-state index in [0.717, 1.165) is 11.3 Å². The predicted octanol–water partition coefficient (Wildman–Crippen LogP) is 4.46. The first-order valence-corrected chi connectivity index (χ1v) is 8.95. The molecular formula is C23H19N3O2. The number of pyridine rings is 2. The topological polar surface area (TPSA) is 67.5 Å². The molecule has 0 aliphatic carbocycles. The number of hydrogen-bond acceptors (Lipinski definition) is 4. The zero-order chi connectivity index (χ0) is 19.7. The lowest BCUT2D eigenvalue weighted by atomic mass is 10.1. The predicted molar refractivity (Wildman–Crippen MR) is 112 cm³/mol. The highest BCUT2D eigenvalue weighted by Crippen LogP contribution is 2.26. The van der Waals surface area contributed by atoms with Gasteiger partial charge in [-0.3, -0.25) is 9.79 Å². The van der Waals surface area contributed by atoms with Gasteiger partial charge in [-0.2, -0.15) is 0 Å². The van der Waals surface area contributed by atoms with Crippen LogP contribution in [0.3, 0.4) is 0 Å². The third-order valence-corrected chi connectivity index (χ3v) is 4.82. The minimum Gasteiger partial charge on any atom is -0.494 e. The van der Waals surface area contributed by atoms with Crippen LogP contribution in [0.1, 0.15) is 16.7 Å². The second-order valence-corrected chi connectivity index (χ2v) is 6.64. The summed E-state index contributed by atoms with van der Waals surface area (Å²) in [4.78, 5) is 21.7. The quantitative estimate of drug-likeness (QED) is 0.542. The van der Waals surface area contributed by atoms with E-state index in [-0.39, 0.29) is 11.4 Å². The van der Waals surface area contributed by atoms with Crippen molar-refractivity contribution in [2.24, 2.45) is 4.99 Å². The third kappa shape index (κ3) is 3.07. The number of aliphatic imine (C=N–C) groups is 1. The van der Waals surface area contributed by atoms with E-state index >= 15 is 0 Å². The molecule has 0 aliphatic heterocycles. The Balaban J connectivity index is 1.96. The molecule has 4 rings (SSSR count). The van der Waals surface area contributed by atoms with Gasteiger partial charge in [0.1, 0.15) is 5.82 Å². The Bertz CT molecular complexity index is 1260. The Hall–Kier alpha value is -3.73. The van der Waals surface area contributed by atoms with Gasteiger partial charge in [-0.15, -0.1) is 0 Å². The van der Waals surface area contributed by atoms with Gasteiger partial charge in [0.2, 0.25) is 5.88 Å². The minimum atomic E-state index is -0.324. The Morgan fingerprint density at radius 1 is 0.964 bits per heavy atom. The van der Waals surface area contributed by atoms with E-state index in [4.69, 9.17) is 0 Å². The molecule has 0 saturated heterocycles. The summed E-state index contributed by atoms with van der Waals surface area (Å²) >= 11 is 0. The van der Waals surface area contributed by atoms with Crippen molar-refractivity contribution in [3.05, 3.63) is 93.9 Å². The average Bonchev–Trinajstić information content (AvgIpc) is 2.71. The maximum Gasteiger partial charge on any atom is 0.267 e. The van der Waals surface area contributed by atoms with Crippen LogP contribution >= 0.6 is 0 Å². The van der Waals surface area contributed by atoms with E-state index in [2.05, 4.69) is 9.98 Å². The summed E-state index contributed by atoms with van der Waals surface area (Å²) in [6.45, 7) is 4.08. The summed E-state index contributed by atoms with van der Waals surface area (Å²) in [5.74, 6) is 0.173. The van der Waals surface area contributed by atoms with E-state index in [1.165, 1.54) is 10.1 Å². The summed E-state index contributed by atoms with van der Waals surface area (Å²) in [7, 11) is 0. The molecule has 0 amide bonds. The monoisotopic (exact) mass is 369 g/mol. The molecule has 0 saturated carbocycles. The summed E-state index contributed by atoms with van der Waals surface area (Å²) in [6, 6.07) is 18.3. The van der Waals surface area contributed by atoms with Gasteiger partial charge in [-0.05, 0) is 55.3 Å². The van der Waals surface area contributed by atoms with Crippen molar-refractivity contribution in [2.45, 2.75) is 13.8 Å². The molecule has 5 nitrogen and oxygen atoms in total. The molecule has 28 heavy (non-hydrogen) atoms. The number of aryl methyl sites for hydroxylation is 2. The number of benzene rings is 2. The van der Waals surface area contributed by atoms with Crippen molar-refractivity contribution < 1.29 is 5.11 Å². The van der Waals surface area contributed by atoms with E-state index in [1.54, 1.807) is 48.8 Å². The second kappa shape index (κ2) is 7.12. The number of nitrogens with zero attached hydrogens (tertiary/aromatic N) is 3. The van der Waals surface area contributed by atoms with Crippen molar-refractivity contribution in [2.75, 3.05) is 0 Å². The van der Waals surface area contributed by atoms with Gasteiger partial charge in [-0.1, -0.05) is 30.3 Å². The lowest BCUT2D eigenvalue weighted by Crippen LogP contribution is -2.20. The molecule has 4 aromatic rings. The van der Waals surface area contributed by atoms with Crippen LogP contribution in [0.25, 0.3) is 16.6 Å². The molecule has 0 atom stereocenters. The molecule has 0 unspecified atom stereocenters. The first-order valence-electron chi connectivity index (χ1n) is 8.95. The van der Waals surface area contributed by atoms with Gasteiger partial charge in [0, 0.05) is 23.2 Å². The van der Waals surface area contributed by atoms with Gasteiger partial charge in [0.05, 0.1) is 11.3 Å². The van der Waals surface area contributed by atoms with Crippen LogP contribution in [0.5, 0.6) is 5.88 Å². The van der Waals surface area contributed by atoms with Crippen molar-refractivity contribution >= 4 is 22.7 Å². The number of aromatic nitrogens is 2. The summed E-state index contributed by atoms with van der Waals surface area (Å²) in [5.41, 5.74) is 3.26. The van der Waals surface area contributed by atoms with Crippen LogP contribution in [0, 0.1) is 13.8 Å². The van der Waals surface area contributed by atoms with Gasteiger partial charge < -0.3 is 5.11 Å². The van der Waals surface area contributed by atoms with E-state index < -0.39 is 0 Å². The number of fused-ring (bicyclic) bond motifs is 1. The normalized spacial score (nSPS) is 11.4. The molecule has 138 valence electrons. The first kappa shape index (κ1) is 17.7. The largest absolute Gasteiger partial charge is 0.494 e. The Morgan fingerprint density at radius 2 is 1.71 bits per heavy atom. The van der Waals surface area contributed by atoms with Crippen molar-refractivity contribution in [1.29, 1.82) is 0 Å². The second-order valence-electron chi connectivity index (χ2n) is 6.64. The van der Waals surface area contributed by atoms with Crippen LogP contribution in [0.4, 0.5) is 5.69 Å². The van der Waals surface area contributed by atoms with Crippen LogP contribution in [-0.4, -0.2) is 20.9 Å². The molecular weight excluding hydrogens is 350 g/mol. The smallest absolute Gasteiger partial charge is 0.267 e. The Morgan fingerprint density at radius 3 is 2.43 bits per heavy atom. The molecule has 0 aliphatic rings. The highest BCUT2D eigenvalue weighted by molar-refractivity contribution is 6.02. The van der Waals surface area contributed by atoms with Crippen molar-refractivity contribution in [1.82, 2.24) is 9.55 Å². The van der Waals surface area contributed by atoms with Crippen LogP contribution in [-0.2, 0) is 0 Å². The number of rotatable bonds is 3. The highest BCUT2D eigenvalue weighted by Gasteiger charge is 2.16. The number of hydrogen-bond donors (Lipinski definition) is 1. The Labute approximate surface area is 162 Å². The molecule has 2 heterocycles. The van der Waals surface area contributed by atoms with E-state index in [9.17, 15) is 9.90 Å². The van der Waals surface area contributed by atoms with Crippen LogP contribution in [0.2, 0.25) is 0 Å². The van der Waals surface area contributed by atoms with Gasteiger partial charge in [-0.25, -0.2) is 9.55 Å². The summed E-state index contributed by atoms with van der Waals surface area (Å²) in [5, 5.41) is 12.1. The third-order valence-electron chi connectivity index (χ3n) is 4.82. The van der Waals surface area contributed by atoms with Gasteiger partial charge in [0.15, 0.2) is 0 Å². The molecule has 0 spiro atoms. The SMILES string of the molecule is Cc1ccc(N=Cc2c(O)n(-c3ccccn3)c(=O)c3ccccc23)cc1C. The minimum absolute atomic E-state index is 0.185. The molecule has 0 bridgehead atoms. The van der Waals surface area contributed by atoms with Gasteiger partial charge in [0.25, 0.3) is 5.56 Å². The molecule has 2 aromatic carbocycles. The summed E-state index contributed by atoms with van der Waals surface area (Å²) in [6.07, 6.45) is 3.18. The average molecular weight is 369 g/mol. The Kier molecular flexibility index (Phi) is 4.49. The van der Waals surface area contributed by atoms with E-state index in [0.29, 0.717) is 22.2 Å². The molecule has 2 aromatic heterocycles. The van der Waals surface area contributed by atoms with E-state index in [1.807, 2.05) is 38.1 Å². The number of aromatic hydroxyl groups is 1. The van der Waals surface area contributed by atoms with Crippen molar-refractivity contribution in [3.8, 4) is 11.7 Å². The molecule has 5 heteroatoms. The maximum absolute atomic E-state index is 13.0. The van der Waals surface area contributed by atoms with Crippen LogP contribution in [0.15, 0.2) is 76.6 Å². The fourth-order valence-electron chi connectivity index (χ4n) is 3.13. The van der Waals surface area contributed by atoms with Gasteiger partial charge >= 0.3 is 0 Å². The fourth-order valence-corrected chi connectivity index (χ4v) is 3.13. The van der Waals surface area contributed by atoms with Crippen molar-refractivity contribution in [3.63, 3.8) is 0 Å².